The van der Waals surface area contributed by atoms with E-state index in [9.17, 15) is 10.1 Å². The van der Waals surface area contributed by atoms with Gasteiger partial charge in [0.05, 0.1) is 11.6 Å². The summed E-state index contributed by atoms with van der Waals surface area (Å²) in [6.07, 6.45) is 3.77. The second-order valence-electron chi connectivity index (χ2n) is 7.55. The first-order valence-corrected chi connectivity index (χ1v) is 9.52. The number of nitrogens with one attached hydrogen (secondary N) is 1. The lowest BCUT2D eigenvalue weighted by molar-refractivity contribution is -0.125. The molecule has 2 saturated heterocycles. The normalized spacial score (nSPS) is 25.7. The third-order valence-corrected chi connectivity index (χ3v) is 5.87. The third kappa shape index (κ3) is 3.19. The molecule has 0 unspecified atom stereocenters. The van der Waals surface area contributed by atoms with E-state index in [0.717, 1.165) is 58.4 Å². The minimum absolute atomic E-state index is 0.180. The summed E-state index contributed by atoms with van der Waals surface area (Å²) in [6, 6.07) is 12.7. The molecule has 26 heavy (non-hydrogen) atoms. The number of piperidine rings is 1. The van der Waals surface area contributed by atoms with Gasteiger partial charge in [-0.2, -0.15) is 5.26 Å². The average molecular weight is 351 g/mol. The smallest absolute Gasteiger partial charge is 0.246 e. The molecular formula is C20H25N5O. The zero-order valence-electron chi connectivity index (χ0n) is 15.0. The molecule has 0 radical (unpaired) electrons. The van der Waals surface area contributed by atoms with Gasteiger partial charge in [-0.25, -0.2) is 4.99 Å². The number of guanidine groups is 1. The van der Waals surface area contributed by atoms with Gasteiger partial charge >= 0.3 is 0 Å². The number of hydrogen-bond donors (Lipinski definition) is 1. The number of aliphatic imine (C=N–C) groups is 1. The number of nitriles is 1. The van der Waals surface area contributed by atoms with Crippen molar-refractivity contribution in [1.82, 2.24) is 15.1 Å². The van der Waals surface area contributed by atoms with E-state index in [1.54, 1.807) is 0 Å². The van der Waals surface area contributed by atoms with Crippen molar-refractivity contribution < 1.29 is 4.79 Å². The minimum atomic E-state index is -0.687. The quantitative estimate of drug-likeness (QED) is 0.881. The van der Waals surface area contributed by atoms with Crippen molar-refractivity contribution in [2.24, 2.45) is 10.9 Å². The number of benzene rings is 1. The van der Waals surface area contributed by atoms with E-state index in [1.165, 1.54) is 5.56 Å². The zero-order valence-corrected chi connectivity index (χ0v) is 15.0. The van der Waals surface area contributed by atoms with E-state index in [4.69, 9.17) is 4.99 Å². The summed E-state index contributed by atoms with van der Waals surface area (Å²) in [7, 11) is 0. The van der Waals surface area contributed by atoms with E-state index in [1.807, 2.05) is 6.07 Å². The second kappa shape index (κ2) is 7.08. The van der Waals surface area contributed by atoms with Gasteiger partial charge < -0.3 is 4.90 Å². The molecule has 1 atom stereocenters. The summed E-state index contributed by atoms with van der Waals surface area (Å²) in [6.45, 7) is 4.50. The fourth-order valence-electron chi connectivity index (χ4n) is 4.33. The number of carbonyl (C=O) groups excluding carboxylic acids is 1. The van der Waals surface area contributed by atoms with Crippen molar-refractivity contribution in [3.05, 3.63) is 35.9 Å². The molecule has 0 bridgehead atoms. The van der Waals surface area contributed by atoms with Crippen LogP contribution in [-0.4, -0.2) is 53.4 Å². The molecule has 1 aromatic carbocycles. The summed E-state index contributed by atoms with van der Waals surface area (Å²) < 4.78 is 0. The number of hydrogen-bond acceptors (Lipinski definition) is 5. The molecule has 1 amide bonds. The lowest BCUT2D eigenvalue weighted by Gasteiger charge is -2.44. The lowest BCUT2D eigenvalue weighted by atomic mass is 9.76. The molecule has 1 N–H and O–H groups in total. The molecule has 1 aromatic rings. The Morgan fingerprint density at radius 2 is 1.85 bits per heavy atom. The number of carbonyl (C=O) groups is 1. The maximum atomic E-state index is 12.6. The first-order chi connectivity index (χ1) is 12.7. The minimum Gasteiger partial charge on any atom is -0.343 e. The van der Waals surface area contributed by atoms with Crippen LogP contribution < -0.4 is 5.32 Å². The van der Waals surface area contributed by atoms with Crippen LogP contribution in [0.2, 0.25) is 0 Å². The zero-order chi connectivity index (χ0) is 18.0. The van der Waals surface area contributed by atoms with Crippen LogP contribution in [0, 0.1) is 17.2 Å². The highest BCUT2D eigenvalue weighted by molar-refractivity contribution is 6.02. The predicted molar refractivity (Wildman–Crippen MR) is 99.2 cm³/mol. The van der Waals surface area contributed by atoms with E-state index in [2.05, 4.69) is 45.5 Å². The topological polar surface area (TPSA) is 71.7 Å². The van der Waals surface area contributed by atoms with E-state index < -0.39 is 11.5 Å². The van der Waals surface area contributed by atoms with Gasteiger partial charge in [-0.15, -0.1) is 0 Å². The SMILES string of the molecule is N#C[C@H]1C(=O)NC(N2CCCC2)=NC12CCN(Cc1ccccc1)CC2. The van der Waals surface area contributed by atoms with E-state index >= 15 is 0 Å². The Morgan fingerprint density at radius 3 is 2.50 bits per heavy atom. The van der Waals surface area contributed by atoms with Crippen molar-refractivity contribution in [1.29, 1.82) is 5.26 Å². The lowest BCUT2D eigenvalue weighted by Crippen LogP contribution is -2.59. The molecule has 0 saturated carbocycles. The summed E-state index contributed by atoms with van der Waals surface area (Å²) in [5, 5.41) is 12.5. The van der Waals surface area contributed by atoms with Crippen molar-refractivity contribution in [3.8, 4) is 6.07 Å². The molecular weight excluding hydrogens is 326 g/mol. The van der Waals surface area contributed by atoms with Crippen LogP contribution in [-0.2, 0) is 11.3 Å². The molecule has 136 valence electrons. The predicted octanol–water partition coefficient (Wildman–Crippen LogP) is 1.74. The monoisotopic (exact) mass is 351 g/mol. The first kappa shape index (κ1) is 17.0. The Morgan fingerprint density at radius 1 is 1.15 bits per heavy atom. The maximum Gasteiger partial charge on any atom is 0.246 e. The van der Waals surface area contributed by atoms with Crippen LogP contribution in [0.4, 0.5) is 0 Å². The average Bonchev–Trinajstić information content (AvgIpc) is 3.19. The van der Waals surface area contributed by atoms with Gasteiger partial charge in [0.1, 0.15) is 0 Å². The molecule has 0 aromatic heterocycles. The molecule has 6 nitrogen and oxygen atoms in total. The Labute approximate surface area is 154 Å². The van der Waals surface area contributed by atoms with E-state index in [-0.39, 0.29) is 5.91 Å². The molecule has 6 heteroatoms. The molecule has 2 fully saturated rings. The summed E-state index contributed by atoms with van der Waals surface area (Å²) in [4.78, 5) is 22.1. The molecule has 1 spiro atoms. The van der Waals surface area contributed by atoms with Crippen LogP contribution in [0.15, 0.2) is 35.3 Å². The number of likely N-dealkylation sites (tertiary alicyclic amines) is 2. The standard InChI is InChI=1S/C20H25N5O/c21-14-17-18(26)22-19(25-10-4-5-11-25)23-20(17)8-12-24(13-9-20)15-16-6-2-1-3-7-16/h1-3,6-7,17H,4-5,8-13,15H2,(H,22,23,26)/t17-/m0/s1. The fourth-order valence-corrected chi connectivity index (χ4v) is 4.33. The second-order valence-corrected chi connectivity index (χ2v) is 7.55. The van der Waals surface area contributed by atoms with Gasteiger partial charge in [0, 0.05) is 32.7 Å². The first-order valence-electron chi connectivity index (χ1n) is 9.52. The molecule has 3 heterocycles. The largest absolute Gasteiger partial charge is 0.343 e. The number of nitrogens with zero attached hydrogens (tertiary/aromatic N) is 4. The van der Waals surface area contributed by atoms with Crippen molar-refractivity contribution in [2.75, 3.05) is 26.2 Å². The highest BCUT2D eigenvalue weighted by Gasteiger charge is 2.49. The van der Waals surface area contributed by atoms with Gasteiger partial charge in [0.25, 0.3) is 0 Å². The van der Waals surface area contributed by atoms with Crippen LogP contribution in [0.25, 0.3) is 0 Å². The maximum absolute atomic E-state index is 12.6. The third-order valence-electron chi connectivity index (χ3n) is 5.87. The van der Waals surface area contributed by atoms with E-state index in [0.29, 0.717) is 5.96 Å². The van der Waals surface area contributed by atoms with Crippen molar-refractivity contribution in [2.45, 2.75) is 37.8 Å². The molecule has 0 aliphatic carbocycles. The highest BCUT2D eigenvalue weighted by Crippen LogP contribution is 2.37. The highest BCUT2D eigenvalue weighted by atomic mass is 16.2. The van der Waals surface area contributed by atoms with Gasteiger partial charge in [0.15, 0.2) is 5.92 Å². The Bertz CT molecular complexity index is 724. The fraction of sp³-hybridized carbons (Fsp3) is 0.550. The van der Waals surface area contributed by atoms with Gasteiger partial charge in [-0.05, 0) is 31.2 Å². The van der Waals surface area contributed by atoms with Crippen LogP contribution in [0.3, 0.4) is 0 Å². The van der Waals surface area contributed by atoms with Gasteiger partial charge in [-0.1, -0.05) is 30.3 Å². The molecule has 4 rings (SSSR count). The van der Waals surface area contributed by atoms with Gasteiger partial charge in [0.2, 0.25) is 11.9 Å². The Hall–Kier alpha value is -2.39. The van der Waals surface area contributed by atoms with Gasteiger partial charge in [-0.3, -0.25) is 15.0 Å². The summed E-state index contributed by atoms with van der Waals surface area (Å²) in [5.74, 6) is -0.177. The number of rotatable bonds is 2. The van der Waals surface area contributed by atoms with Crippen LogP contribution in [0.5, 0.6) is 0 Å². The molecule has 3 aliphatic heterocycles. The van der Waals surface area contributed by atoms with Crippen LogP contribution >= 0.6 is 0 Å². The summed E-state index contributed by atoms with van der Waals surface area (Å²) in [5.41, 5.74) is 0.727. The van der Waals surface area contributed by atoms with Crippen LogP contribution in [0.1, 0.15) is 31.2 Å². The Kier molecular flexibility index (Phi) is 4.64. The Balaban J connectivity index is 1.51. The number of amides is 1. The summed E-state index contributed by atoms with van der Waals surface area (Å²) >= 11 is 0. The van der Waals surface area contributed by atoms with Crippen molar-refractivity contribution in [3.63, 3.8) is 0 Å². The van der Waals surface area contributed by atoms with Crippen molar-refractivity contribution >= 4 is 11.9 Å². The molecule has 3 aliphatic rings.